The number of carbonyl (C=O) groups is 1. The van der Waals surface area contributed by atoms with E-state index in [1.807, 2.05) is 65.0 Å². The summed E-state index contributed by atoms with van der Waals surface area (Å²) in [7, 11) is 0.532. The zero-order valence-electron chi connectivity index (χ0n) is 36.3. The molecule has 1 fully saturated rings. The van der Waals surface area contributed by atoms with E-state index in [0.717, 1.165) is 51.6 Å². The highest BCUT2D eigenvalue weighted by Crippen LogP contribution is 2.45. The number of hydrogen-bond acceptors (Lipinski definition) is 11. The zero-order valence-corrected chi connectivity index (χ0v) is 38.3. The molecule has 4 aromatic rings. The normalized spacial score (nSPS) is 17.5. The largest absolute Gasteiger partial charge is 0.461 e. The molecule has 0 aliphatic heterocycles. The van der Waals surface area contributed by atoms with Gasteiger partial charge in [0.25, 0.3) is 0 Å². The van der Waals surface area contributed by atoms with Gasteiger partial charge in [-0.05, 0) is 62.4 Å². The molecule has 1 aliphatic rings. The minimum Gasteiger partial charge on any atom is -0.461 e. The van der Waals surface area contributed by atoms with Gasteiger partial charge in [-0.15, -0.1) is 0 Å². The van der Waals surface area contributed by atoms with Crippen LogP contribution in [0.5, 0.6) is 0 Å². The maximum atomic E-state index is 13.6. The molecule has 58 heavy (non-hydrogen) atoms. The highest BCUT2D eigenvalue weighted by atomic mass is 28.3. The Hall–Kier alpha value is -3.71. The van der Waals surface area contributed by atoms with Crippen LogP contribution in [-0.2, 0) is 33.2 Å². The van der Waals surface area contributed by atoms with Crippen LogP contribution in [0.4, 0.5) is 5.82 Å². The molecule has 0 N–H and O–H groups in total. The summed E-state index contributed by atoms with van der Waals surface area (Å²) in [6.45, 7) is 23.8. The highest BCUT2D eigenvalue weighted by molar-refractivity contribution is 6.76. The first-order valence-corrected chi connectivity index (χ1v) is 28.0. The highest BCUT2D eigenvalue weighted by Gasteiger charge is 2.45. The van der Waals surface area contributed by atoms with Crippen molar-refractivity contribution in [2.24, 2.45) is 0 Å². The van der Waals surface area contributed by atoms with Gasteiger partial charge in [0.1, 0.15) is 25.9 Å². The molecule has 1 aliphatic carbocycles. The van der Waals surface area contributed by atoms with Crippen molar-refractivity contribution in [3.63, 3.8) is 0 Å². The van der Waals surface area contributed by atoms with Crippen molar-refractivity contribution < 1.29 is 33.2 Å². The minimum atomic E-state index is -1.34. The number of carbonyl (C=O) groups excluding carboxylic acids is 1. The predicted octanol–water partition coefficient (Wildman–Crippen LogP) is 8.30. The zero-order chi connectivity index (χ0) is 41.9. The van der Waals surface area contributed by atoms with Crippen LogP contribution in [-0.4, -0.2) is 119 Å². The van der Waals surface area contributed by atoms with Crippen LogP contribution in [0.3, 0.4) is 0 Å². The topological polar surface area (TPSA) is 124 Å². The van der Waals surface area contributed by atoms with Crippen molar-refractivity contribution in [2.75, 3.05) is 72.2 Å². The summed E-state index contributed by atoms with van der Waals surface area (Å²) in [5.74, 6) is 0.440. The number of allylic oxidation sites excluding steroid dienone is 1. The van der Waals surface area contributed by atoms with Crippen molar-refractivity contribution in [1.82, 2.24) is 24.4 Å². The van der Waals surface area contributed by atoms with E-state index in [-0.39, 0.29) is 25.1 Å². The van der Waals surface area contributed by atoms with Gasteiger partial charge in [-0.3, -0.25) is 0 Å². The molecule has 0 amide bonds. The molecule has 318 valence electrons. The van der Waals surface area contributed by atoms with Crippen molar-refractivity contribution in [3.05, 3.63) is 66.8 Å². The first-order valence-electron chi connectivity index (χ1n) is 20.5. The summed E-state index contributed by atoms with van der Waals surface area (Å²) in [6, 6.07) is 12.1. The molecule has 0 saturated heterocycles. The number of anilines is 1. The van der Waals surface area contributed by atoms with Crippen molar-refractivity contribution in [3.8, 4) is 16.8 Å². The summed E-state index contributed by atoms with van der Waals surface area (Å²) < 4.78 is 39.2. The fourth-order valence-electron chi connectivity index (χ4n) is 7.08. The van der Waals surface area contributed by atoms with E-state index in [1.165, 1.54) is 0 Å². The van der Waals surface area contributed by atoms with E-state index >= 15 is 0 Å². The lowest BCUT2D eigenvalue weighted by molar-refractivity contribution is -0.180. The Bertz CT molecular complexity index is 1910. The Labute approximate surface area is 347 Å². The van der Waals surface area contributed by atoms with Gasteiger partial charge in [0.2, 0.25) is 0 Å². The van der Waals surface area contributed by atoms with E-state index in [0.29, 0.717) is 71.2 Å². The number of esters is 1. The molecule has 0 atom stereocenters. The number of fused-ring (bicyclic) bond motifs is 1. The van der Waals surface area contributed by atoms with Crippen LogP contribution in [0.15, 0.2) is 55.5 Å². The Balaban J connectivity index is 1.61. The van der Waals surface area contributed by atoms with Gasteiger partial charge in [0.15, 0.2) is 11.2 Å². The summed E-state index contributed by atoms with van der Waals surface area (Å²) in [5, 5.41) is 9.73. The fraction of sp³-hybridized carbons (Fsp3) is 0.581. The number of ether oxygens (including phenoxy) is 6. The molecular weight excluding hydrogens is 769 g/mol. The fourth-order valence-corrected chi connectivity index (χ4v) is 8.59. The van der Waals surface area contributed by atoms with Crippen molar-refractivity contribution in [2.45, 2.75) is 95.5 Å². The summed E-state index contributed by atoms with van der Waals surface area (Å²) in [6.07, 6.45) is 7.95. The number of nitrogens with zero attached hydrogens (tertiary/aromatic N) is 6. The van der Waals surface area contributed by atoms with Gasteiger partial charge in [0.05, 0.1) is 43.6 Å². The number of hydrogen-bond donors (Lipinski definition) is 0. The number of aromatic nitrogens is 5. The van der Waals surface area contributed by atoms with Crippen LogP contribution in [0.2, 0.25) is 51.4 Å². The second-order valence-corrected chi connectivity index (χ2v) is 29.0. The summed E-state index contributed by atoms with van der Waals surface area (Å²) in [5.41, 5.74) is 4.98. The first-order chi connectivity index (χ1) is 27.7. The average Bonchev–Trinajstić information content (AvgIpc) is 3.84. The smallest absolute Gasteiger partial charge is 0.338 e. The van der Waals surface area contributed by atoms with Gasteiger partial charge in [-0.1, -0.05) is 64.1 Å². The van der Waals surface area contributed by atoms with Gasteiger partial charge in [-0.2, -0.15) is 14.7 Å². The molecular formula is C43H66N6O7Si2. The molecule has 3 heterocycles. The van der Waals surface area contributed by atoms with Crippen LogP contribution in [0.1, 0.15) is 49.8 Å². The average molecular weight is 835 g/mol. The van der Waals surface area contributed by atoms with Gasteiger partial charge in [0, 0.05) is 72.4 Å². The van der Waals surface area contributed by atoms with Crippen LogP contribution < -0.4 is 4.90 Å². The number of benzene rings is 1. The lowest BCUT2D eigenvalue weighted by atomic mass is 9.76. The lowest BCUT2D eigenvalue weighted by Gasteiger charge is -2.38. The van der Waals surface area contributed by atoms with Crippen LogP contribution >= 0.6 is 0 Å². The second kappa shape index (κ2) is 20.5. The lowest BCUT2D eigenvalue weighted by Crippen LogP contribution is -2.46. The SMILES string of the molecule is C=C(C)c1c(C2CCC(OCCOC)(C(=O)OCCOC)CC2)nc2c(-c3cnn(-c4ccccc4)c3)cnn2c1N(COCC[Si](C)(C)C)COCC[Si](C)(C)C. The summed E-state index contributed by atoms with van der Waals surface area (Å²) in [4.78, 5) is 21.3. The maximum absolute atomic E-state index is 13.6. The van der Waals surface area contributed by atoms with E-state index < -0.39 is 21.7 Å². The molecule has 1 saturated carbocycles. The Morgan fingerprint density at radius 2 is 1.48 bits per heavy atom. The van der Waals surface area contributed by atoms with Crippen LogP contribution in [0, 0.1) is 0 Å². The molecule has 0 unspecified atom stereocenters. The van der Waals surface area contributed by atoms with E-state index in [4.69, 9.17) is 43.6 Å². The molecule has 0 bridgehead atoms. The van der Waals surface area contributed by atoms with E-state index in [9.17, 15) is 4.79 Å². The van der Waals surface area contributed by atoms with E-state index in [1.54, 1.807) is 14.2 Å². The standard InChI is InChI=1S/C43H66N6O7Si2/c1-33(2)38-39(34-16-18-43(19-17-34,56-23-21-52-4)42(50)55-22-20-51-3)46-40-37(35-28-44-48(30-35)36-14-12-11-13-15-36)29-45-49(40)41(38)47(31-53-24-26-57(5,6)7)32-54-25-27-58(8,9)10/h11-15,28-30,34H,1,16-27,31-32H2,2-10H3. The molecule has 0 radical (unpaired) electrons. The quantitative estimate of drug-likeness (QED) is 0.0310. The van der Waals surface area contributed by atoms with Crippen molar-refractivity contribution in [1.29, 1.82) is 0 Å². The summed E-state index contributed by atoms with van der Waals surface area (Å²) >= 11 is 0. The number of rotatable bonds is 23. The molecule has 5 rings (SSSR count). The third-order valence-electron chi connectivity index (χ3n) is 10.5. The number of para-hydroxylation sites is 1. The predicted molar refractivity (Wildman–Crippen MR) is 235 cm³/mol. The Kier molecular flexibility index (Phi) is 16.0. The number of methoxy groups -OCH3 is 2. The second-order valence-electron chi connectivity index (χ2n) is 17.8. The Morgan fingerprint density at radius 3 is 2.07 bits per heavy atom. The van der Waals surface area contributed by atoms with Gasteiger partial charge >= 0.3 is 5.97 Å². The molecule has 15 heteroatoms. The minimum absolute atomic E-state index is 0.0152. The third-order valence-corrected chi connectivity index (χ3v) is 13.9. The van der Waals surface area contributed by atoms with Crippen molar-refractivity contribution >= 4 is 39.2 Å². The molecule has 0 spiro atoms. The maximum Gasteiger partial charge on any atom is 0.338 e. The molecule has 1 aromatic carbocycles. The monoisotopic (exact) mass is 834 g/mol. The molecule has 3 aromatic heterocycles. The van der Waals surface area contributed by atoms with Crippen LogP contribution in [0.25, 0.3) is 28.0 Å². The van der Waals surface area contributed by atoms with Gasteiger partial charge in [-0.25, -0.2) is 14.5 Å². The third kappa shape index (κ3) is 12.0. The van der Waals surface area contributed by atoms with Gasteiger partial charge < -0.3 is 33.3 Å². The van der Waals surface area contributed by atoms with E-state index in [2.05, 4.69) is 50.8 Å². The first kappa shape index (κ1) is 45.4. The molecule has 13 nitrogen and oxygen atoms in total. The Morgan fingerprint density at radius 1 is 0.862 bits per heavy atom.